The number of hydrogen-bond acceptors (Lipinski definition) is 14. The largest absolute Gasteiger partial charge is 0.381 e. The van der Waals surface area contributed by atoms with Crippen LogP contribution in [-0.2, 0) is 66.3 Å². The van der Waals surface area contributed by atoms with E-state index in [2.05, 4.69) is 55.4 Å². The van der Waals surface area contributed by atoms with E-state index in [1.54, 1.807) is 0 Å². The van der Waals surface area contributed by atoms with Gasteiger partial charge in [-0.1, -0.05) is 27.7 Å². The van der Waals surface area contributed by atoms with Crippen molar-refractivity contribution in [2.24, 2.45) is 23.7 Å². The van der Waals surface area contributed by atoms with Crippen LogP contribution in [0.5, 0.6) is 0 Å². The second-order valence-electron chi connectivity index (χ2n) is 19.3. The van der Waals surface area contributed by atoms with Crippen molar-refractivity contribution in [3.8, 4) is 0 Å². The molecule has 11 aliphatic heterocycles. The molecule has 0 radical (unpaired) electrons. The third-order valence-corrected chi connectivity index (χ3v) is 11.4. The predicted molar refractivity (Wildman–Crippen MR) is 261 cm³/mol. The molecule has 0 amide bonds. The van der Waals surface area contributed by atoms with E-state index < -0.39 is 0 Å². The molecule has 0 saturated carbocycles. The quantitative estimate of drug-likeness (QED) is 0.213. The van der Waals surface area contributed by atoms with Crippen molar-refractivity contribution in [2.75, 3.05) is 119 Å². The van der Waals surface area contributed by atoms with Gasteiger partial charge in [-0.2, -0.15) is 0 Å². The van der Waals surface area contributed by atoms with Crippen LogP contribution in [0.3, 0.4) is 0 Å². The minimum Gasteiger partial charge on any atom is -0.381 e. The van der Waals surface area contributed by atoms with Crippen molar-refractivity contribution in [3.63, 3.8) is 0 Å². The summed E-state index contributed by atoms with van der Waals surface area (Å²) in [6.45, 7) is 39.5. The first-order valence-corrected chi connectivity index (χ1v) is 26.3. The van der Waals surface area contributed by atoms with Crippen LogP contribution < -0.4 is 0 Å². The van der Waals surface area contributed by atoms with Crippen molar-refractivity contribution in [2.45, 2.75) is 196 Å². The average Bonchev–Trinajstić information content (AvgIpc) is 3.86. The highest BCUT2D eigenvalue weighted by molar-refractivity contribution is 4.60. The summed E-state index contributed by atoms with van der Waals surface area (Å²) in [4.78, 5) is 0. The molecule has 11 heterocycles. The Balaban J connectivity index is 0.000000364. The highest BCUT2D eigenvalue weighted by atomic mass is 16.7. The summed E-state index contributed by atoms with van der Waals surface area (Å²) in [6.07, 6.45) is 17.8. The first-order chi connectivity index (χ1) is 31.8. The monoisotopic (exact) mass is 953 g/mol. The van der Waals surface area contributed by atoms with Crippen LogP contribution in [0, 0.1) is 23.7 Å². The lowest BCUT2D eigenvalue weighted by molar-refractivity contribution is -0.167. The first kappa shape index (κ1) is 63.5. The highest BCUT2D eigenvalue weighted by Crippen LogP contribution is 2.14. The predicted octanol–water partition coefficient (Wildman–Crippen LogP) is 10.1. The summed E-state index contributed by atoms with van der Waals surface area (Å²) in [5.74, 6) is 3.39. The maximum atomic E-state index is 5.28. The molecule has 0 aromatic heterocycles. The van der Waals surface area contributed by atoms with E-state index in [1.807, 2.05) is 20.8 Å². The molecule has 66 heavy (non-hydrogen) atoms. The van der Waals surface area contributed by atoms with Gasteiger partial charge in [0.15, 0.2) is 12.6 Å². The summed E-state index contributed by atoms with van der Waals surface area (Å²) in [5.41, 5.74) is 0. The third-order valence-electron chi connectivity index (χ3n) is 11.4. The Morgan fingerprint density at radius 2 is 0.667 bits per heavy atom. The maximum Gasteiger partial charge on any atom is 0.155 e. The topological polar surface area (TPSA) is 133 Å². The molecule has 0 aromatic carbocycles. The lowest BCUT2D eigenvalue weighted by Crippen LogP contribution is -2.23. The van der Waals surface area contributed by atoms with Gasteiger partial charge in [-0.25, -0.2) is 0 Å². The Morgan fingerprint density at radius 3 is 0.848 bits per heavy atom. The van der Waals surface area contributed by atoms with Crippen LogP contribution in [0.25, 0.3) is 0 Å². The zero-order valence-electron chi connectivity index (χ0n) is 44.3. The molecule has 0 N–H and O–H groups in total. The standard InChI is InChI=1S/3C6H12O.C5H10O2.2C5H10O.2C4H8O2.2C4H8O.C3H6O/c1-6-2-4-7-5-3-6;1-6-3-2-4-7-5-6;1-6-4-2-3-5-7-6;1-5-6-3-2-4-7-5;1-5-2-3-6-4-5;1-5-3-2-4-6-5;1-4-2-5-3-6-4;1-4-5-2-3-6-4;1-4-2-5-3-4;1-4-2-3-5-4;1-3-2-4-3/h3*6H,2-5H2,1H3;5H,2-4H2,1H3;2*5H,2-4H2,1H3;2*4H,2-3H2,1H3;2*4H,2-3H2,1H3;3H,2H2,1H3. The third kappa shape index (κ3) is 44.6. The Kier molecular flexibility index (Phi) is 42.7. The molecule has 14 nitrogen and oxygen atoms in total. The molecule has 7 unspecified atom stereocenters. The molecule has 0 aliphatic carbocycles. The van der Waals surface area contributed by atoms with Crippen molar-refractivity contribution >= 4 is 0 Å². The molecule has 396 valence electrons. The van der Waals surface area contributed by atoms with E-state index >= 15 is 0 Å². The molecule has 11 aliphatic rings. The van der Waals surface area contributed by atoms with E-state index in [1.165, 1.54) is 70.6 Å². The second kappa shape index (κ2) is 44.4. The van der Waals surface area contributed by atoms with E-state index in [0.29, 0.717) is 37.3 Å². The van der Waals surface area contributed by atoms with Crippen LogP contribution in [0.1, 0.15) is 153 Å². The van der Waals surface area contributed by atoms with Crippen molar-refractivity contribution in [1.29, 1.82) is 0 Å². The summed E-state index contributed by atoms with van der Waals surface area (Å²) in [5, 5.41) is 0. The number of rotatable bonds is 0. The summed E-state index contributed by atoms with van der Waals surface area (Å²) in [7, 11) is 0. The molecular weight excluding hydrogens is 849 g/mol. The number of ether oxygens (including phenoxy) is 14. The molecule has 0 spiro atoms. The lowest BCUT2D eigenvalue weighted by atomic mass is 10.0. The van der Waals surface area contributed by atoms with Crippen LogP contribution in [0.4, 0.5) is 0 Å². The van der Waals surface area contributed by atoms with E-state index in [0.717, 1.165) is 142 Å². The molecule has 11 fully saturated rings. The van der Waals surface area contributed by atoms with Crippen LogP contribution in [-0.4, -0.2) is 162 Å². The summed E-state index contributed by atoms with van der Waals surface area (Å²) < 4.78 is 70.0. The lowest BCUT2D eigenvalue weighted by Gasteiger charge is -2.20. The summed E-state index contributed by atoms with van der Waals surface area (Å²) in [6, 6.07) is 0. The van der Waals surface area contributed by atoms with Gasteiger partial charge >= 0.3 is 0 Å². The van der Waals surface area contributed by atoms with Gasteiger partial charge in [0.05, 0.1) is 83.4 Å². The molecule has 11 saturated heterocycles. The van der Waals surface area contributed by atoms with Crippen molar-refractivity contribution in [3.05, 3.63) is 0 Å². The fraction of sp³-hybridized carbons (Fsp3) is 1.00. The van der Waals surface area contributed by atoms with Gasteiger partial charge in [-0.15, -0.1) is 0 Å². The molecule has 14 heteroatoms. The molecular formula is C52H104O14. The highest BCUT2D eigenvalue weighted by Gasteiger charge is 2.14. The van der Waals surface area contributed by atoms with Gasteiger partial charge in [0, 0.05) is 65.4 Å². The van der Waals surface area contributed by atoms with Gasteiger partial charge in [-0.3, -0.25) is 0 Å². The molecule has 7 atom stereocenters. The van der Waals surface area contributed by atoms with Crippen molar-refractivity contribution < 1.29 is 66.3 Å². The zero-order chi connectivity index (χ0) is 48.5. The Hall–Kier alpha value is -0.560. The fourth-order valence-corrected chi connectivity index (χ4v) is 6.32. The number of hydrogen-bond donors (Lipinski definition) is 0. The van der Waals surface area contributed by atoms with E-state index in [4.69, 9.17) is 66.3 Å². The summed E-state index contributed by atoms with van der Waals surface area (Å²) >= 11 is 0. The molecule has 0 bridgehead atoms. The Bertz CT molecular complexity index is 822. The van der Waals surface area contributed by atoms with Gasteiger partial charge < -0.3 is 66.3 Å². The van der Waals surface area contributed by atoms with E-state index in [-0.39, 0.29) is 12.6 Å². The van der Waals surface area contributed by atoms with Gasteiger partial charge in [-0.05, 0) is 143 Å². The smallest absolute Gasteiger partial charge is 0.155 e. The Labute approximate surface area is 404 Å². The maximum absolute atomic E-state index is 5.28. The molecule has 0 aromatic rings. The molecule has 11 rings (SSSR count). The second-order valence-corrected chi connectivity index (χ2v) is 19.3. The van der Waals surface area contributed by atoms with Crippen LogP contribution in [0.2, 0.25) is 0 Å². The number of epoxide rings is 1. The normalized spacial score (nSPS) is 31.2. The van der Waals surface area contributed by atoms with Crippen LogP contribution in [0.15, 0.2) is 0 Å². The van der Waals surface area contributed by atoms with Gasteiger partial charge in [0.1, 0.15) is 6.79 Å². The zero-order valence-corrected chi connectivity index (χ0v) is 44.3. The SMILES string of the molecule is CC1CCCCO1.CC1CCCO1.CC1CCCOC1.CC1CCO1.CC1CCOC1.CC1CCOCC1.CC1CO1.CC1COC1.CC1COCO1.CC1OCCCO1.CC1OCCO1. The average molecular weight is 953 g/mol. The first-order valence-electron chi connectivity index (χ1n) is 26.3. The van der Waals surface area contributed by atoms with Crippen LogP contribution >= 0.6 is 0 Å². The Morgan fingerprint density at radius 1 is 0.227 bits per heavy atom. The minimum absolute atomic E-state index is 0.0359. The fourth-order valence-electron chi connectivity index (χ4n) is 6.32. The van der Waals surface area contributed by atoms with Gasteiger partial charge in [0.2, 0.25) is 0 Å². The van der Waals surface area contributed by atoms with Crippen molar-refractivity contribution in [1.82, 2.24) is 0 Å². The minimum atomic E-state index is 0.0359. The van der Waals surface area contributed by atoms with Gasteiger partial charge in [0.25, 0.3) is 0 Å². The van der Waals surface area contributed by atoms with E-state index in [9.17, 15) is 0 Å².